The molecular formula is C16H14ClN3O. The number of benzene rings is 2. The third-order valence-corrected chi connectivity index (χ3v) is 3.62. The first-order chi connectivity index (χ1) is 10.0. The quantitative estimate of drug-likeness (QED) is 0.627. The van der Waals surface area contributed by atoms with Gasteiger partial charge >= 0.3 is 0 Å². The van der Waals surface area contributed by atoms with Crippen LogP contribution in [0.15, 0.2) is 42.6 Å². The minimum Gasteiger partial charge on any atom is -0.399 e. The van der Waals surface area contributed by atoms with Crippen molar-refractivity contribution >= 4 is 39.8 Å². The molecule has 4 N–H and O–H groups in total. The maximum absolute atomic E-state index is 12.4. The summed E-state index contributed by atoms with van der Waals surface area (Å²) in [5, 5.41) is 4.39. The summed E-state index contributed by atoms with van der Waals surface area (Å²) in [5.41, 5.74) is 9.48. The number of carbonyl (C=O) groups excluding carboxylic acids is 1. The molecule has 0 saturated heterocycles. The number of rotatable bonds is 2. The average molecular weight is 300 g/mol. The number of carbonyl (C=O) groups is 1. The lowest BCUT2D eigenvalue weighted by Crippen LogP contribution is -2.12. The Morgan fingerprint density at radius 2 is 2.05 bits per heavy atom. The number of nitrogens with one attached hydrogen (secondary N) is 2. The fraction of sp³-hybridized carbons (Fsp3) is 0.0625. The van der Waals surface area contributed by atoms with Gasteiger partial charge in [0.2, 0.25) is 0 Å². The van der Waals surface area contributed by atoms with E-state index in [0.717, 1.165) is 22.2 Å². The highest BCUT2D eigenvalue weighted by molar-refractivity contribution is 6.30. The number of nitrogen functional groups attached to an aromatic ring is 1. The van der Waals surface area contributed by atoms with E-state index in [0.29, 0.717) is 16.3 Å². The Labute approximate surface area is 126 Å². The number of nitrogens with two attached hydrogens (primary N) is 1. The van der Waals surface area contributed by atoms with E-state index in [1.54, 1.807) is 30.5 Å². The van der Waals surface area contributed by atoms with Gasteiger partial charge in [0.15, 0.2) is 0 Å². The summed E-state index contributed by atoms with van der Waals surface area (Å²) >= 11 is 5.92. The molecule has 1 heterocycles. The van der Waals surface area contributed by atoms with E-state index in [1.807, 2.05) is 19.1 Å². The van der Waals surface area contributed by atoms with Crippen LogP contribution in [0, 0.1) is 6.92 Å². The summed E-state index contributed by atoms with van der Waals surface area (Å²) < 4.78 is 0. The number of fused-ring (bicyclic) bond motifs is 1. The number of H-pyrrole nitrogens is 1. The lowest BCUT2D eigenvalue weighted by Gasteiger charge is -2.08. The third-order valence-electron chi connectivity index (χ3n) is 3.39. The Morgan fingerprint density at radius 3 is 2.81 bits per heavy atom. The molecule has 0 bridgehead atoms. The molecule has 1 amide bonds. The molecular weight excluding hydrogens is 286 g/mol. The van der Waals surface area contributed by atoms with Crippen LogP contribution in [0.5, 0.6) is 0 Å². The molecule has 2 aromatic carbocycles. The lowest BCUT2D eigenvalue weighted by molar-refractivity contribution is 0.102. The van der Waals surface area contributed by atoms with Crippen molar-refractivity contribution < 1.29 is 4.79 Å². The van der Waals surface area contributed by atoms with Crippen molar-refractivity contribution in [1.82, 2.24) is 4.98 Å². The van der Waals surface area contributed by atoms with Gasteiger partial charge in [-0.25, -0.2) is 0 Å². The van der Waals surface area contributed by atoms with E-state index < -0.39 is 0 Å². The molecule has 0 unspecified atom stereocenters. The molecule has 21 heavy (non-hydrogen) atoms. The number of anilines is 2. The zero-order chi connectivity index (χ0) is 15.0. The van der Waals surface area contributed by atoms with Gasteiger partial charge < -0.3 is 16.0 Å². The minimum atomic E-state index is -0.170. The van der Waals surface area contributed by atoms with Crippen LogP contribution in [0.3, 0.4) is 0 Å². The van der Waals surface area contributed by atoms with Gasteiger partial charge in [0.05, 0.1) is 5.56 Å². The van der Waals surface area contributed by atoms with E-state index in [-0.39, 0.29) is 5.91 Å². The highest BCUT2D eigenvalue weighted by Crippen LogP contribution is 2.24. The van der Waals surface area contributed by atoms with Crippen LogP contribution in [0.1, 0.15) is 15.9 Å². The summed E-state index contributed by atoms with van der Waals surface area (Å²) in [7, 11) is 0. The van der Waals surface area contributed by atoms with Crippen LogP contribution in [0.4, 0.5) is 11.4 Å². The van der Waals surface area contributed by atoms with Gasteiger partial charge in [-0.15, -0.1) is 0 Å². The Morgan fingerprint density at radius 1 is 1.24 bits per heavy atom. The summed E-state index contributed by atoms with van der Waals surface area (Å²) in [4.78, 5) is 15.5. The molecule has 1 aromatic heterocycles. The molecule has 0 fully saturated rings. The number of aromatic amines is 1. The number of halogens is 1. The van der Waals surface area contributed by atoms with Crippen LogP contribution in [-0.4, -0.2) is 10.9 Å². The molecule has 0 spiro atoms. The van der Waals surface area contributed by atoms with Crippen LogP contribution in [-0.2, 0) is 0 Å². The van der Waals surface area contributed by atoms with E-state index in [1.165, 1.54) is 0 Å². The van der Waals surface area contributed by atoms with Gasteiger partial charge in [0.25, 0.3) is 5.91 Å². The van der Waals surface area contributed by atoms with E-state index in [9.17, 15) is 4.79 Å². The fourth-order valence-electron chi connectivity index (χ4n) is 2.29. The zero-order valence-corrected chi connectivity index (χ0v) is 12.2. The van der Waals surface area contributed by atoms with Crippen molar-refractivity contribution in [3.8, 4) is 0 Å². The average Bonchev–Trinajstić information content (AvgIpc) is 2.84. The molecule has 106 valence electrons. The van der Waals surface area contributed by atoms with Crippen LogP contribution in [0.25, 0.3) is 10.9 Å². The molecule has 0 atom stereocenters. The topological polar surface area (TPSA) is 70.9 Å². The fourth-order valence-corrected chi connectivity index (χ4v) is 2.52. The molecule has 0 aliphatic rings. The Kier molecular flexibility index (Phi) is 3.31. The molecule has 3 aromatic rings. The van der Waals surface area contributed by atoms with E-state index >= 15 is 0 Å². The Hall–Kier alpha value is -2.46. The van der Waals surface area contributed by atoms with Crippen molar-refractivity contribution in [2.24, 2.45) is 0 Å². The number of aromatic nitrogens is 1. The maximum atomic E-state index is 12.4. The summed E-state index contributed by atoms with van der Waals surface area (Å²) in [6.07, 6.45) is 1.69. The molecule has 0 aliphatic carbocycles. The second-order valence-corrected chi connectivity index (χ2v) is 5.36. The number of amides is 1. The predicted molar refractivity (Wildman–Crippen MR) is 86.9 cm³/mol. The standard InChI is InChI=1S/C16H14ClN3O/c1-9-6-10(17)2-5-14(9)20-16(21)13-8-19-15-7-11(18)3-4-12(13)15/h2-8,19H,18H2,1H3,(H,20,21). The molecule has 0 aliphatic heterocycles. The summed E-state index contributed by atoms with van der Waals surface area (Å²) in [6, 6.07) is 10.8. The number of hydrogen-bond acceptors (Lipinski definition) is 2. The second-order valence-electron chi connectivity index (χ2n) is 4.92. The van der Waals surface area contributed by atoms with Gasteiger partial charge in [0, 0.05) is 33.5 Å². The second kappa shape index (κ2) is 5.14. The molecule has 5 heteroatoms. The van der Waals surface area contributed by atoms with Crippen LogP contribution in [0.2, 0.25) is 5.02 Å². The smallest absolute Gasteiger partial charge is 0.257 e. The SMILES string of the molecule is Cc1cc(Cl)ccc1NC(=O)c1c[nH]c2cc(N)ccc12. The number of hydrogen-bond donors (Lipinski definition) is 3. The normalized spacial score (nSPS) is 10.8. The first kappa shape index (κ1) is 13.5. The van der Waals surface area contributed by atoms with Gasteiger partial charge in [-0.3, -0.25) is 4.79 Å². The van der Waals surface area contributed by atoms with Gasteiger partial charge in [0.1, 0.15) is 0 Å². The van der Waals surface area contributed by atoms with Gasteiger partial charge in [-0.1, -0.05) is 11.6 Å². The third kappa shape index (κ3) is 2.58. The molecule has 0 saturated carbocycles. The highest BCUT2D eigenvalue weighted by Gasteiger charge is 2.13. The summed E-state index contributed by atoms with van der Waals surface area (Å²) in [5.74, 6) is -0.170. The van der Waals surface area contributed by atoms with Crippen LogP contribution < -0.4 is 11.1 Å². The van der Waals surface area contributed by atoms with E-state index in [4.69, 9.17) is 17.3 Å². The van der Waals surface area contributed by atoms with Crippen molar-refractivity contribution in [2.45, 2.75) is 6.92 Å². The molecule has 0 radical (unpaired) electrons. The van der Waals surface area contributed by atoms with Gasteiger partial charge in [-0.05, 0) is 48.9 Å². The van der Waals surface area contributed by atoms with Crippen molar-refractivity contribution in [2.75, 3.05) is 11.1 Å². The van der Waals surface area contributed by atoms with Crippen molar-refractivity contribution in [1.29, 1.82) is 0 Å². The van der Waals surface area contributed by atoms with E-state index in [2.05, 4.69) is 10.3 Å². The largest absolute Gasteiger partial charge is 0.399 e. The minimum absolute atomic E-state index is 0.170. The predicted octanol–water partition coefficient (Wildman–Crippen LogP) is 3.96. The lowest BCUT2D eigenvalue weighted by atomic mass is 10.1. The van der Waals surface area contributed by atoms with Gasteiger partial charge in [-0.2, -0.15) is 0 Å². The molecule has 4 nitrogen and oxygen atoms in total. The zero-order valence-electron chi connectivity index (χ0n) is 11.4. The van der Waals surface area contributed by atoms with Crippen LogP contribution >= 0.6 is 11.6 Å². The molecule has 3 rings (SSSR count). The Bertz CT molecular complexity index is 839. The monoisotopic (exact) mass is 299 g/mol. The maximum Gasteiger partial charge on any atom is 0.257 e. The van der Waals surface area contributed by atoms with Crippen molar-refractivity contribution in [3.63, 3.8) is 0 Å². The Balaban J connectivity index is 1.94. The summed E-state index contributed by atoms with van der Waals surface area (Å²) in [6.45, 7) is 1.90. The highest BCUT2D eigenvalue weighted by atomic mass is 35.5. The number of aryl methyl sites for hydroxylation is 1. The first-order valence-electron chi connectivity index (χ1n) is 6.49. The van der Waals surface area contributed by atoms with Crippen molar-refractivity contribution in [3.05, 3.63) is 58.7 Å². The first-order valence-corrected chi connectivity index (χ1v) is 6.86.